The molecule has 0 unspecified atom stereocenters. The van der Waals surface area contributed by atoms with Crippen molar-refractivity contribution in [3.63, 3.8) is 0 Å². The van der Waals surface area contributed by atoms with Crippen molar-refractivity contribution in [3.05, 3.63) is 72.1 Å². The molecule has 0 aliphatic heterocycles. The first-order valence-electron chi connectivity index (χ1n) is 6.51. The molecule has 3 heteroatoms. The summed E-state index contributed by atoms with van der Waals surface area (Å²) in [5.41, 5.74) is 3.43. The Morgan fingerprint density at radius 3 is 1.70 bits per heavy atom. The van der Waals surface area contributed by atoms with Gasteiger partial charge in [-0.15, -0.1) is 0 Å². The Bertz CT molecular complexity index is 854. The molecule has 2 aromatic heterocycles. The van der Waals surface area contributed by atoms with Gasteiger partial charge >= 0.3 is 0 Å². The minimum absolute atomic E-state index is 0.0559. The van der Waals surface area contributed by atoms with E-state index in [1.54, 1.807) is 0 Å². The average Bonchev–Trinajstić information content (AvgIpc) is 3.13. The van der Waals surface area contributed by atoms with E-state index in [1.165, 1.54) is 0 Å². The standard InChI is InChI=1S/C17H12N2O/c20-17(13-3-1-5-15-11(13)7-9-18-15)14-4-2-6-16-12(14)8-10-19-16/h1-10,18-19H. The molecule has 0 saturated carbocycles. The minimum Gasteiger partial charge on any atom is -0.361 e. The number of ketones is 1. The van der Waals surface area contributed by atoms with Gasteiger partial charge in [-0.25, -0.2) is 0 Å². The van der Waals surface area contributed by atoms with Crippen LogP contribution in [-0.2, 0) is 0 Å². The quantitative estimate of drug-likeness (QED) is 0.528. The maximum atomic E-state index is 12.8. The van der Waals surface area contributed by atoms with Crippen LogP contribution in [0.15, 0.2) is 60.9 Å². The van der Waals surface area contributed by atoms with Gasteiger partial charge in [-0.3, -0.25) is 4.79 Å². The third-order valence-corrected chi connectivity index (χ3v) is 3.68. The molecule has 4 rings (SSSR count). The summed E-state index contributed by atoms with van der Waals surface area (Å²) >= 11 is 0. The van der Waals surface area contributed by atoms with Gasteiger partial charge < -0.3 is 9.97 Å². The highest BCUT2D eigenvalue weighted by atomic mass is 16.1. The van der Waals surface area contributed by atoms with Gasteiger partial charge in [-0.2, -0.15) is 0 Å². The lowest BCUT2D eigenvalue weighted by atomic mass is 9.98. The third-order valence-electron chi connectivity index (χ3n) is 3.68. The van der Waals surface area contributed by atoms with E-state index < -0.39 is 0 Å². The molecule has 96 valence electrons. The number of carbonyl (C=O) groups excluding carboxylic acids is 1. The summed E-state index contributed by atoms with van der Waals surface area (Å²) in [4.78, 5) is 19.1. The molecule has 2 N–H and O–H groups in total. The van der Waals surface area contributed by atoms with E-state index in [1.807, 2.05) is 60.9 Å². The number of aromatic nitrogens is 2. The van der Waals surface area contributed by atoms with Gasteiger partial charge in [0.05, 0.1) is 0 Å². The van der Waals surface area contributed by atoms with Crippen molar-refractivity contribution in [2.45, 2.75) is 0 Å². The van der Waals surface area contributed by atoms with Crippen molar-refractivity contribution in [3.8, 4) is 0 Å². The van der Waals surface area contributed by atoms with Gasteiger partial charge in [-0.1, -0.05) is 24.3 Å². The molecule has 20 heavy (non-hydrogen) atoms. The lowest BCUT2D eigenvalue weighted by molar-refractivity contribution is 0.104. The number of H-pyrrole nitrogens is 2. The van der Waals surface area contributed by atoms with Crippen LogP contribution in [0.4, 0.5) is 0 Å². The smallest absolute Gasteiger partial charge is 0.194 e. The summed E-state index contributed by atoms with van der Waals surface area (Å²) in [5.74, 6) is 0.0559. The molecule has 0 atom stereocenters. The average molecular weight is 260 g/mol. The van der Waals surface area contributed by atoms with E-state index in [2.05, 4.69) is 9.97 Å². The first kappa shape index (κ1) is 11.1. The Balaban J connectivity index is 1.96. The zero-order valence-electron chi connectivity index (χ0n) is 10.7. The van der Waals surface area contributed by atoms with Gasteiger partial charge in [0.2, 0.25) is 0 Å². The lowest BCUT2D eigenvalue weighted by Crippen LogP contribution is -2.02. The van der Waals surface area contributed by atoms with Crippen molar-refractivity contribution in [2.75, 3.05) is 0 Å². The highest BCUT2D eigenvalue weighted by Gasteiger charge is 2.15. The molecule has 0 saturated heterocycles. The molecule has 0 fully saturated rings. The summed E-state index contributed by atoms with van der Waals surface area (Å²) in [6.07, 6.45) is 3.72. The molecule has 2 aromatic carbocycles. The second-order valence-electron chi connectivity index (χ2n) is 4.82. The van der Waals surface area contributed by atoms with Crippen LogP contribution in [0.2, 0.25) is 0 Å². The Morgan fingerprint density at radius 2 is 1.20 bits per heavy atom. The second kappa shape index (κ2) is 4.10. The van der Waals surface area contributed by atoms with Crippen molar-refractivity contribution in [2.24, 2.45) is 0 Å². The Hall–Kier alpha value is -2.81. The molecule has 0 aliphatic rings. The largest absolute Gasteiger partial charge is 0.361 e. The zero-order valence-corrected chi connectivity index (χ0v) is 10.7. The second-order valence-corrected chi connectivity index (χ2v) is 4.82. The fourth-order valence-corrected chi connectivity index (χ4v) is 2.71. The predicted octanol–water partition coefficient (Wildman–Crippen LogP) is 3.88. The number of hydrogen-bond donors (Lipinski definition) is 2. The van der Waals surface area contributed by atoms with Gasteiger partial charge in [0.15, 0.2) is 5.78 Å². The van der Waals surface area contributed by atoms with Crippen LogP contribution in [0.5, 0.6) is 0 Å². The zero-order chi connectivity index (χ0) is 13.5. The number of hydrogen-bond acceptors (Lipinski definition) is 1. The van der Waals surface area contributed by atoms with Crippen molar-refractivity contribution in [1.29, 1.82) is 0 Å². The summed E-state index contributed by atoms with van der Waals surface area (Å²) in [6.45, 7) is 0. The minimum atomic E-state index is 0.0559. The highest BCUT2D eigenvalue weighted by Crippen LogP contribution is 2.24. The molecular formula is C17H12N2O. The summed E-state index contributed by atoms with van der Waals surface area (Å²) in [7, 11) is 0. The van der Waals surface area contributed by atoms with E-state index >= 15 is 0 Å². The Labute approximate surface area is 115 Å². The number of benzene rings is 2. The monoisotopic (exact) mass is 260 g/mol. The van der Waals surface area contributed by atoms with Crippen molar-refractivity contribution >= 4 is 27.6 Å². The lowest BCUT2D eigenvalue weighted by Gasteiger charge is -2.04. The molecule has 0 amide bonds. The maximum Gasteiger partial charge on any atom is 0.194 e. The molecule has 4 aromatic rings. The van der Waals surface area contributed by atoms with Crippen LogP contribution in [0.25, 0.3) is 21.8 Å². The van der Waals surface area contributed by atoms with Crippen LogP contribution < -0.4 is 0 Å². The Kier molecular flexibility index (Phi) is 2.27. The fourth-order valence-electron chi connectivity index (χ4n) is 2.71. The van der Waals surface area contributed by atoms with E-state index in [0.29, 0.717) is 0 Å². The van der Waals surface area contributed by atoms with Crippen LogP contribution in [0.1, 0.15) is 15.9 Å². The first-order valence-corrected chi connectivity index (χ1v) is 6.51. The van der Waals surface area contributed by atoms with E-state index in [0.717, 1.165) is 32.9 Å². The van der Waals surface area contributed by atoms with Crippen LogP contribution in [0.3, 0.4) is 0 Å². The van der Waals surface area contributed by atoms with Crippen molar-refractivity contribution in [1.82, 2.24) is 9.97 Å². The van der Waals surface area contributed by atoms with Crippen LogP contribution in [-0.4, -0.2) is 15.8 Å². The molecule has 2 heterocycles. The normalized spacial score (nSPS) is 11.2. The summed E-state index contributed by atoms with van der Waals surface area (Å²) in [5, 5.41) is 1.93. The molecule has 0 bridgehead atoms. The number of nitrogens with one attached hydrogen (secondary N) is 2. The molecule has 0 aliphatic carbocycles. The van der Waals surface area contributed by atoms with Gasteiger partial charge in [0, 0.05) is 45.3 Å². The van der Waals surface area contributed by atoms with E-state index in [4.69, 9.17) is 0 Å². The number of fused-ring (bicyclic) bond motifs is 2. The van der Waals surface area contributed by atoms with Gasteiger partial charge in [-0.05, 0) is 24.3 Å². The number of carbonyl (C=O) groups is 1. The topological polar surface area (TPSA) is 48.6 Å². The predicted molar refractivity (Wildman–Crippen MR) is 80.0 cm³/mol. The molecule has 0 radical (unpaired) electrons. The van der Waals surface area contributed by atoms with E-state index in [-0.39, 0.29) is 5.78 Å². The van der Waals surface area contributed by atoms with Gasteiger partial charge in [0.1, 0.15) is 0 Å². The SMILES string of the molecule is O=C(c1cccc2[nH]ccc12)c1cccc2[nH]ccc12. The van der Waals surface area contributed by atoms with Crippen LogP contribution in [0, 0.1) is 0 Å². The summed E-state index contributed by atoms with van der Waals surface area (Å²) < 4.78 is 0. The van der Waals surface area contributed by atoms with Gasteiger partial charge in [0.25, 0.3) is 0 Å². The maximum absolute atomic E-state index is 12.8. The Morgan fingerprint density at radius 1 is 0.700 bits per heavy atom. The third kappa shape index (κ3) is 1.50. The van der Waals surface area contributed by atoms with E-state index in [9.17, 15) is 4.79 Å². The van der Waals surface area contributed by atoms with Crippen molar-refractivity contribution < 1.29 is 4.79 Å². The van der Waals surface area contributed by atoms with Crippen LogP contribution >= 0.6 is 0 Å². The molecular weight excluding hydrogens is 248 g/mol. The molecule has 0 spiro atoms. The highest BCUT2D eigenvalue weighted by molar-refractivity contribution is 6.20. The summed E-state index contributed by atoms with van der Waals surface area (Å²) in [6, 6.07) is 15.4. The molecule has 3 nitrogen and oxygen atoms in total. The number of rotatable bonds is 2. The first-order chi connectivity index (χ1) is 9.84. The number of aromatic amines is 2. The fraction of sp³-hybridized carbons (Fsp3) is 0.